The first-order chi connectivity index (χ1) is 9.11. The molecule has 2 nitrogen and oxygen atoms in total. The third kappa shape index (κ3) is 3.01. The molecule has 0 spiro atoms. The highest BCUT2D eigenvalue weighted by Crippen LogP contribution is 2.25. The zero-order valence-corrected chi connectivity index (χ0v) is 10.5. The van der Waals surface area contributed by atoms with Crippen LogP contribution in [0.3, 0.4) is 0 Å². The molecule has 5 heteroatoms. The summed E-state index contributed by atoms with van der Waals surface area (Å²) in [7, 11) is 0. The monoisotopic (exact) mass is 278 g/mol. The Morgan fingerprint density at radius 1 is 1.16 bits per heavy atom. The average molecular weight is 279 g/mol. The topological polar surface area (TPSA) is 35.8 Å². The van der Waals surface area contributed by atoms with Crippen LogP contribution in [0.5, 0.6) is 0 Å². The smallest absolute Gasteiger partial charge is 0.147 e. The summed E-state index contributed by atoms with van der Waals surface area (Å²) in [5.74, 6) is -1.04. The number of benzene rings is 2. The molecule has 0 aliphatic carbocycles. The number of halogens is 3. The Labute approximate surface area is 114 Å². The van der Waals surface area contributed by atoms with Crippen LogP contribution >= 0.6 is 11.6 Å². The standard InChI is InChI=1S/C14H9ClF2N2/c15-11-2-1-3-13(17)14(11)19-8-9-4-5-12(16)10(6-9)7-18/h1-6,19H,8H2. The Kier molecular flexibility index (Phi) is 3.98. The second kappa shape index (κ2) is 5.68. The van der Waals surface area contributed by atoms with Crippen molar-refractivity contribution in [3.05, 3.63) is 64.2 Å². The van der Waals surface area contributed by atoms with E-state index in [1.54, 1.807) is 12.1 Å². The third-order valence-corrected chi connectivity index (χ3v) is 2.90. The van der Waals surface area contributed by atoms with Crippen molar-refractivity contribution in [2.75, 3.05) is 5.32 Å². The quantitative estimate of drug-likeness (QED) is 0.917. The SMILES string of the molecule is N#Cc1cc(CNc2c(F)cccc2Cl)ccc1F. The van der Waals surface area contributed by atoms with E-state index in [1.807, 2.05) is 0 Å². The summed E-state index contributed by atoms with van der Waals surface area (Å²) >= 11 is 5.86. The highest BCUT2D eigenvalue weighted by Gasteiger charge is 2.07. The number of hydrogen-bond acceptors (Lipinski definition) is 2. The molecule has 0 bridgehead atoms. The maximum Gasteiger partial charge on any atom is 0.147 e. The number of anilines is 1. The summed E-state index contributed by atoms with van der Waals surface area (Å²) in [6, 6.07) is 10.3. The number of nitriles is 1. The Balaban J connectivity index is 2.17. The first-order valence-corrected chi connectivity index (χ1v) is 5.86. The van der Waals surface area contributed by atoms with Crippen LogP contribution < -0.4 is 5.32 Å². The highest BCUT2D eigenvalue weighted by molar-refractivity contribution is 6.33. The van der Waals surface area contributed by atoms with Gasteiger partial charge < -0.3 is 5.32 Å². The van der Waals surface area contributed by atoms with Crippen molar-refractivity contribution >= 4 is 17.3 Å². The highest BCUT2D eigenvalue weighted by atomic mass is 35.5. The lowest BCUT2D eigenvalue weighted by Gasteiger charge is -2.09. The van der Waals surface area contributed by atoms with E-state index in [0.29, 0.717) is 5.56 Å². The lowest BCUT2D eigenvalue weighted by Crippen LogP contribution is -2.02. The van der Waals surface area contributed by atoms with Gasteiger partial charge in [-0.05, 0) is 29.8 Å². The summed E-state index contributed by atoms with van der Waals surface area (Å²) in [5, 5.41) is 11.8. The van der Waals surface area contributed by atoms with Crippen molar-refractivity contribution < 1.29 is 8.78 Å². The Morgan fingerprint density at radius 2 is 1.95 bits per heavy atom. The normalized spacial score (nSPS) is 10.0. The molecule has 2 aromatic carbocycles. The molecule has 96 valence electrons. The van der Waals surface area contributed by atoms with E-state index in [4.69, 9.17) is 16.9 Å². The molecular formula is C14H9ClF2N2. The van der Waals surface area contributed by atoms with Gasteiger partial charge in [0.1, 0.15) is 17.7 Å². The second-order valence-corrected chi connectivity index (χ2v) is 4.28. The first-order valence-electron chi connectivity index (χ1n) is 5.48. The fraction of sp³-hybridized carbons (Fsp3) is 0.0714. The molecule has 0 radical (unpaired) electrons. The van der Waals surface area contributed by atoms with Crippen molar-refractivity contribution in [3.63, 3.8) is 0 Å². The van der Waals surface area contributed by atoms with Gasteiger partial charge in [-0.25, -0.2) is 8.78 Å². The average Bonchev–Trinajstić information content (AvgIpc) is 2.40. The molecule has 0 saturated heterocycles. The van der Waals surface area contributed by atoms with Crippen LogP contribution in [0.25, 0.3) is 0 Å². The molecule has 0 aliphatic heterocycles. The summed E-state index contributed by atoms with van der Waals surface area (Å²) in [4.78, 5) is 0. The molecule has 0 unspecified atom stereocenters. The van der Waals surface area contributed by atoms with Crippen LogP contribution in [-0.4, -0.2) is 0 Å². The van der Waals surface area contributed by atoms with Gasteiger partial charge in [0, 0.05) is 6.54 Å². The zero-order valence-electron chi connectivity index (χ0n) is 9.75. The van der Waals surface area contributed by atoms with Gasteiger partial charge in [-0.3, -0.25) is 0 Å². The molecule has 0 aromatic heterocycles. The predicted octanol–water partition coefficient (Wildman–Crippen LogP) is 4.10. The lowest BCUT2D eigenvalue weighted by molar-refractivity contribution is 0.622. The number of hydrogen-bond donors (Lipinski definition) is 1. The van der Waals surface area contributed by atoms with E-state index in [0.717, 1.165) is 0 Å². The zero-order chi connectivity index (χ0) is 13.8. The number of para-hydroxylation sites is 1. The third-order valence-electron chi connectivity index (χ3n) is 2.58. The minimum absolute atomic E-state index is 0.0427. The van der Waals surface area contributed by atoms with Gasteiger partial charge in [0.05, 0.1) is 16.3 Å². The number of nitrogens with zero attached hydrogens (tertiary/aromatic N) is 1. The molecule has 2 rings (SSSR count). The van der Waals surface area contributed by atoms with E-state index < -0.39 is 11.6 Å². The van der Waals surface area contributed by atoms with Gasteiger partial charge in [-0.1, -0.05) is 23.7 Å². The van der Waals surface area contributed by atoms with Crippen LogP contribution in [0.1, 0.15) is 11.1 Å². The number of nitrogens with one attached hydrogen (secondary N) is 1. The molecule has 1 N–H and O–H groups in total. The Hall–Kier alpha value is -2.12. The van der Waals surface area contributed by atoms with E-state index in [-0.39, 0.29) is 22.8 Å². The Morgan fingerprint density at radius 3 is 2.63 bits per heavy atom. The molecule has 0 atom stereocenters. The molecular weight excluding hydrogens is 270 g/mol. The predicted molar refractivity (Wildman–Crippen MR) is 69.9 cm³/mol. The van der Waals surface area contributed by atoms with Crippen molar-refractivity contribution in [2.24, 2.45) is 0 Å². The molecule has 19 heavy (non-hydrogen) atoms. The minimum atomic E-state index is -0.574. The molecule has 0 amide bonds. The van der Waals surface area contributed by atoms with Gasteiger partial charge >= 0.3 is 0 Å². The van der Waals surface area contributed by atoms with Crippen LogP contribution in [0.15, 0.2) is 36.4 Å². The van der Waals surface area contributed by atoms with Crippen molar-refractivity contribution in [1.29, 1.82) is 5.26 Å². The Bertz CT molecular complexity index is 630. The van der Waals surface area contributed by atoms with Crippen LogP contribution in [0.4, 0.5) is 14.5 Å². The van der Waals surface area contributed by atoms with Crippen LogP contribution in [0, 0.1) is 23.0 Å². The minimum Gasteiger partial charge on any atom is -0.377 e. The molecule has 0 heterocycles. The van der Waals surface area contributed by atoms with Gasteiger partial charge in [0.25, 0.3) is 0 Å². The molecule has 2 aromatic rings. The van der Waals surface area contributed by atoms with Crippen LogP contribution in [-0.2, 0) is 6.54 Å². The summed E-state index contributed by atoms with van der Waals surface area (Å²) in [5.41, 5.74) is 0.809. The van der Waals surface area contributed by atoms with Crippen molar-refractivity contribution in [2.45, 2.75) is 6.54 Å². The van der Waals surface area contributed by atoms with Crippen LogP contribution in [0.2, 0.25) is 5.02 Å². The van der Waals surface area contributed by atoms with Gasteiger partial charge in [-0.15, -0.1) is 0 Å². The van der Waals surface area contributed by atoms with Gasteiger partial charge in [0.15, 0.2) is 0 Å². The molecule has 0 aliphatic rings. The van der Waals surface area contributed by atoms with Gasteiger partial charge in [0.2, 0.25) is 0 Å². The fourth-order valence-electron chi connectivity index (χ4n) is 1.63. The summed E-state index contributed by atoms with van der Waals surface area (Å²) in [6.07, 6.45) is 0. The van der Waals surface area contributed by atoms with Gasteiger partial charge in [-0.2, -0.15) is 5.26 Å². The summed E-state index contributed by atoms with van der Waals surface area (Å²) < 4.78 is 26.6. The van der Waals surface area contributed by atoms with E-state index in [1.165, 1.54) is 30.3 Å². The lowest BCUT2D eigenvalue weighted by atomic mass is 10.1. The fourth-order valence-corrected chi connectivity index (χ4v) is 1.86. The second-order valence-electron chi connectivity index (χ2n) is 3.88. The van der Waals surface area contributed by atoms with Crippen molar-refractivity contribution in [1.82, 2.24) is 0 Å². The van der Waals surface area contributed by atoms with Crippen molar-refractivity contribution in [3.8, 4) is 6.07 Å². The summed E-state index contributed by atoms with van der Waals surface area (Å²) in [6.45, 7) is 0.246. The van der Waals surface area contributed by atoms with E-state index >= 15 is 0 Å². The maximum atomic E-state index is 13.5. The van der Waals surface area contributed by atoms with E-state index in [9.17, 15) is 8.78 Å². The van der Waals surface area contributed by atoms with E-state index in [2.05, 4.69) is 5.32 Å². The maximum absolute atomic E-state index is 13.5. The largest absolute Gasteiger partial charge is 0.377 e. The molecule has 0 saturated carbocycles. The molecule has 0 fully saturated rings. The number of rotatable bonds is 3. The first kappa shape index (κ1) is 13.3.